The zero-order valence-corrected chi connectivity index (χ0v) is 17.2. The van der Waals surface area contributed by atoms with Gasteiger partial charge in [-0.05, 0) is 12.1 Å². The van der Waals surface area contributed by atoms with Crippen molar-refractivity contribution in [3.8, 4) is 0 Å². The molecule has 13 nitrogen and oxygen atoms in total. The highest BCUT2D eigenvalue weighted by molar-refractivity contribution is 6.05. The van der Waals surface area contributed by atoms with E-state index in [0.29, 0.717) is 22.8 Å². The summed E-state index contributed by atoms with van der Waals surface area (Å²) in [6, 6.07) is 3.06. The molecule has 0 saturated carbocycles. The molecule has 0 saturated heterocycles. The number of hydrazine groups is 1. The second kappa shape index (κ2) is 10.6. The van der Waals surface area contributed by atoms with Crippen LogP contribution in [0.25, 0.3) is 0 Å². The van der Waals surface area contributed by atoms with Crippen LogP contribution in [0.5, 0.6) is 0 Å². The van der Waals surface area contributed by atoms with Crippen LogP contribution in [0.4, 0.5) is 11.4 Å². The number of nitrogens with one attached hydrogen (secondary N) is 5. The predicted molar refractivity (Wildman–Crippen MR) is 117 cm³/mol. The zero-order chi connectivity index (χ0) is 23.0. The van der Waals surface area contributed by atoms with E-state index < -0.39 is 5.91 Å². The number of amides is 3. The Morgan fingerprint density at radius 3 is 2.23 bits per heavy atom. The summed E-state index contributed by atoms with van der Waals surface area (Å²) in [7, 11) is 3.34. The van der Waals surface area contributed by atoms with Gasteiger partial charge in [0.25, 0.3) is 11.8 Å². The summed E-state index contributed by atoms with van der Waals surface area (Å²) >= 11 is 0. The van der Waals surface area contributed by atoms with E-state index in [-0.39, 0.29) is 37.2 Å². The highest BCUT2D eigenvalue weighted by Crippen LogP contribution is 2.17. The van der Waals surface area contributed by atoms with Gasteiger partial charge < -0.3 is 36.2 Å². The molecule has 0 unspecified atom stereocenters. The molecule has 31 heavy (non-hydrogen) atoms. The fourth-order valence-electron chi connectivity index (χ4n) is 2.70. The van der Waals surface area contributed by atoms with Crippen molar-refractivity contribution in [3.05, 3.63) is 35.9 Å². The van der Waals surface area contributed by atoms with E-state index in [1.807, 2.05) is 0 Å². The molecule has 0 aliphatic heterocycles. The van der Waals surface area contributed by atoms with Crippen LogP contribution >= 0.6 is 0 Å². The van der Waals surface area contributed by atoms with Crippen LogP contribution in [0, 0.1) is 5.41 Å². The highest BCUT2D eigenvalue weighted by atomic mass is 16.2. The number of rotatable bonds is 10. The second-order valence-electron chi connectivity index (χ2n) is 6.62. The number of aryl methyl sites for hydroxylation is 2. The van der Waals surface area contributed by atoms with Crippen molar-refractivity contribution in [1.29, 1.82) is 5.41 Å². The Morgan fingerprint density at radius 1 is 1.06 bits per heavy atom. The number of carbonyl (C=O) groups excluding carboxylic acids is 3. The van der Waals surface area contributed by atoms with Crippen molar-refractivity contribution in [3.63, 3.8) is 0 Å². The third-order valence-corrected chi connectivity index (χ3v) is 4.10. The van der Waals surface area contributed by atoms with Crippen molar-refractivity contribution in [1.82, 2.24) is 19.9 Å². The van der Waals surface area contributed by atoms with Gasteiger partial charge in [-0.15, -0.1) is 0 Å². The Balaban J connectivity index is 2.01. The number of aliphatic imine (C=N–C) groups is 1. The molecule has 0 aliphatic carbocycles. The maximum absolute atomic E-state index is 12.6. The lowest BCUT2D eigenvalue weighted by atomic mass is 10.3. The van der Waals surface area contributed by atoms with Crippen LogP contribution in [0.3, 0.4) is 0 Å². The minimum atomic E-state index is -0.414. The maximum atomic E-state index is 12.6. The van der Waals surface area contributed by atoms with Gasteiger partial charge in [0, 0.05) is 39.5 Å². The Morgan fingerprint density at radius 2 is 1.65 bits per heavy atom. The van der Waals surface area contributed by atoms with E-state index in [0.717, 1.165) is 0 Å². The van der Waals surface area contributed by atoms with Crippen molar-refractivity contribution in [2.24, 2.45) is 30.7 Å². The number of nitrogens with zero attached hydrogens (tertiary/aromatic N) is 3. The smallest absolute Gasteiger partial charge is 0.272 e. The van der Waals surface area contributed by atoms with Gasteiger partial charge in [-0.2, -0.15) is 0 Å². The average molecular weight is 430 g/mol. The van der Waals surface area contributed by atoms with Crippen molar-refractivity contribution in [2.75, 3.05) is 23.7 Å². The minimum Gasteiger partial charge on any atom is -0.388 e. The molecule has 0 spiro atoms. The lowest BCUT2D eigenvalue weighted by Gasteiger charge is -2.04. The van der Waals surface area contributed by atoms with Gasteiger partial charge in [-0.25, -0.2) is 5.84 Å². The van der Waals surface area contributed by atoms with Crippen LogP contribution < -0.4 is 33.0 Å². The van der Waals surface area contributed by atoms with Crippen molar-refractivity contribution < 1.29 is 14.4 Å². The summed E-state index contributed by atoms with van der Waals surface area (Å²) in [6.45, 7) is 0.120. The lowest BCUT2D eigenvalue weighted by Crippen LogP contribution is -2.28. The first-order valence-electron chi connectivity index (χ1n) is 9.20. The van der Waals surface area contributed by atoms with Crippen LogP contribution in [0.15, 0.2) is 29.5 Å². The first-order chi connectivity index (χ1) is 14.7. The fraction of sp³-hybridized carbons (Fsp3) is 0.278. The largest absolute Gasteiger partial charge is 0.388 e. The first kappa shape index (κ1) is 23.2. The fourth-order valence-corrected chi connectivity index (χ4v) is 2.70. The number of anilines is 2. The van der Waals surface area contributed by atoms with E-state index in [4.69, 9.17) is 17.0 Å². The Bertz CT molecular complexity index is 1000. The van der Waals surface area contributed by atoms with Gasteiger partial charge in [0.15, 0.2) is 0 Å². The van der Waals surface area contributed by atoms with Crippen molar-refractivity contribution in [2.45, 2.75) is 6.42 Å². The number of aromatic nitrogens is 2. The highest BCUT2D eigenvalue weighted by Gasteiger charge is 2.16. The topological polar surface area (TPSA) is 197 Å². The number of amidine groups is 1. The molecule has 2 rings (SSSR count). The molecular weight excluding hydrogens is 404 g/mol. The molecule has 0 aliphatic rings. The third-order valence-electron chi connectivity index (χ3n) is 4.10. The van der Waals surface area contributed by atoms with Gasteiger partial charge >= 0.3 is 0 Å². The first-order valence-corrected chi connectivity index (χ1v) is 9.20. The van der Waals surface area contributed by atoms with Gasteiger partial charge in [-0.1, -0.05) is 0 Å². The van der Waals surface area contributed by atoms with E-state index in [1.54, 1.807) is 35.6 Å². The van der Waals surface area contributed by atoms with Gasteiger partial charge in [0.05, 0.1) is 23.5 Å². The molecule has 2 aromatic rings. The van der Waals surface area contributed by atoms with Gasteiger partial charge in [0.2, 0.25) is 5.91 Å². The summed E-state index contributed by atoms with van der Waals surface area (Å²) in [4.78, 5) is 40.5. The molecule has 9 N–H and O–H groups in total. The molecule has 0 fully saturated rings. The molecule has 2 aromatic heterocycles. The van der Waals surface area contributed by atoms with Gasteiger partial charge in [0.1, 0.15) is 17.9 Å². The standard InChI is InChI=1S/C18H26N10O3/c1-27-9-12(6-13(27)17(30)23-4-3-15(19)20)26-18(31)14-5-11(8-28(14)2)25-16(29)7-22-10-24-21/h5-6,8-10H,3-4,7,21H2,1-2H3,(H3,19,20)(H,22,24)(H,23,30)(H,25,29)(H,26,31). The molecule has 0 aromatic carbocycles. The van der Waals surface area contributed by atoms with Crippen LogP contribution in [-0.4, -0.2) is 52.1 Å². The Labute approximate surface area is 178 Å². The number of hydrogen-bond donors (Lipinski definition) is 7. The molecule has 2 heterocycles. The number of carbonyl (C=O) groups is 3. The third kappa shape index (κ3) is 6.71. The quantitative estimate of drug-likeness (QED) is 0.110. The summed E-state index contributed by atoms with van der Waals surface area (Å²) < 4.78 is 3.14. The summed E-state index contributed by atoms with van der Waals surface area (Å²) in [6.07, 6.45) is 4.65. The van der Waals surface area contributed by atoms with E-state index in [9.17, 15) is 14.4 Å². The normalized spacial score (nSPS) is 10.7. The van der Waals surface area contributed by atoms with Gasteiger partial charge in [-0.3, -0.25) is 24.8 Å². The minimum absolute atomic E-state index is 0.0152. The summed E-state index contributed by atoms with van der Waals surface area (Å²) in [5, 5.41) is 15.2. The van der Waals surface area contributed by atoms with E-state index in [2.05, 4.69) is 26.4 Å². The molecular formula is C18H26N10O3. The summed E-state index contributed by atoms with van der Waals surface area (Å²) in [5.74, 6) is 3.89. The van der Waals surface area contributed by atoms with E-state index in [1.165, 1.54) is 18.5 Å². The second-order valence-corrected chi connectivity index (χ2v) is 6.62. The molecule has 0 bridgehead atoms. The number of hydrogen-bond acceptors (Lipinski definition) is 6. The maximum Gasteiger partial charge on any atom is 0.272 e. The van der Waals surface area contributed by atoms with E-state index >= 15 is 0 Å². The van der Waals surface area contributed by atoms with Crippen LogP contribution in [-0.2, 0) is 18.9 Å². The molecule has 166 valence electrons. The molecule has 13 heteroatoms. The predicted octanol–water partition coefficient (Wildman–Crippen LogP) is -0.898. The van der Waals surface area contributed by atoms with Crippen LogP contribution in [0.2, 0.25) is 0 Å². The average Bonchev–Trinajstić information content (AvgIpc) is 3.23. The van der Waals surface area contributed by atoms with Crippen molar-refractivity contribution >= 4 is 41.3 Å². The monoisotopic (exact) mass is 430 g/mol. The Kier molecular flexibility index (Phi) is 7.91. The lowest BCUT2D eigenvalue weighted by molar-refractivity contribution is -0.114. The van der Waals surface area contributed by atoms with Crippen LogP contribution in [0.1, 0.15) is 27.4 Å². The summed E-state index contributed by atoms with van der Waals surface area (Å²) in [5.41, 5.74) is 8.98. The number of nitrogens with two attached hydrogens (primary N) is 2. The molecule has 0 atom stereocenters. The zero-order valence-electron chi connectivity index (χ0n) is 17.2. The molecule has 0 radical (unpaired) electrons. The Hall–Kier alpha value is -4.13. The SMILES string of the molecule is Cn1cc(NC(=O)c2cc(NC(=O)CN=CNN)cn2C)cc1C(=O)NCCC(=N)N. The molecule has 3 amide bonds.